The Labute approximate surface area is 276 Å². The van der Waals surface area contributed by atoms with Crippen molar-refractivity contribution < 1.29 is 57.3 Å². The Morgan fingerprint density at radius 1 is 0.553 bits per heavy atom. The molecule has 0 aliphatic heterocycles. The lowest BCUT2D eigenvalue weighted by Crippen LogP contribution is -2.27. The highest BCUT2D eigenvalue weighted by atomic mass is 16.6. The van der Waals surface area contributed by atoms with Gasteiger partial charge in [-0.3, -0.25) is 0 Å². The summed E-state index contributed by atoms with van der Waals surface area (Å²) in [4.78, 5) is 22.5. The zero-order valence-electron chi connectivity index (χ0n) is 27.1. The van der Waals surface area contributed by atoms with Crippen LogP contribution in [0.25, 0.3) is 11.1 Å². The van der Waals surface area contributed by atoms with Crippen molar-refractivity contribution >= 4 is 12.1 Å². The molecule has 47 heavy (non-hydrogen) atoms. The SMILES string of the molecule is O=C(O)COCCOCCOCCOCCOCCOCCOCCOCCCNC(=O)OCC1c2ccccc2-c2ccccc21. The minimum absolute atomic E-state index is 0.0465. The number of nitrogens with one attached hydrogen (secondary N) is 1. The normalized spacial score (nSPS) is 12.2. The van der Waals surface area contributed by atoms with E-state index in [0.717, 1.165) is 0 Å². The zero-order valence-corrected chi connectivity index (χ0v) is 27.1. The smallest absolute Gasteiger partial charge is 0.407 e. The number of alkyl carbamates (subject to hydrolysis) is 1. The Kier molecular flexibility index (Phi) is 20.3. The lowest BCUT2D eigenvalue weighted by Gasteiger charge is -2.14. The number of ether oxygens (including phenoxy) is 9. The molecule has 0 unspecified atom stereocenters. The maximum Gasteiger partial charge on any atom is 0.407 e. The van der Waals surface area contributed by atoms with Crippen molar-refractivity contribution in [3.05, 3.63) is 59.7 Å². The van der Waals surface area contributed by atoms with Gasteiger partial charge in [0.25, 0.3) is 0 Å². The van der Waals surface area contributed by atoms with Gasteiger partial charge in [0.15, 0.2) is 0 Å². The number of rotatable bonds is 29. The molecule has 262 valence electrons. The van der Waals surface area contributed by atoms with E-state index in [1.165, 1.54) is 22.3 Å². The second kappa shape index (κ2) is 25.0. The van der Waals surface area contributed by atoms with Crippen LogP contribution in [0.3, 0.4) is 0 Å². The Morgan fingerprint density at radius 2 is 0.936 bits per heavy atom. The van der Waals surface area contributed by atoms with Crippen molar-refractivity contribution in [1.29, 1.82) is 0 Å². The average molecular weight is 664 g/mol. The van der Waals surface area contributed by atoms with Gasteiger partial charge in [0, 0.05) is 19.1 Å². The van der Waals surface area contributed by atoms with Gasteiger partial charge in [-0.25, -0.2) is 9.59 Å². The topological polar surface area (TPSA) is 149 Å². The highest BCUT2D eigenvalue weighted by Crippen LogP contribution is 2.44. The molecule has 13 heteroatoms. The Bertz CT molecular complexity index is 1090. The van der Waals surface area contributed by atoms with Gasteiger partial charge in [-0.15, -0.1) is 0 Å². The maximum absolute atomic E-state index is 12.2. The molecule has 0 aromatic heterocycles. The Balaban J connectivity index is 0.998. The average Bonchev–Trinajstić information content (AvgIpc) is 3.40. The van der Waals surface area contributed by atoms with E-state index in [-0.39, 0.29) is 19.1 Å². The Morgan fingerprint density at radius 3 is 1.36 bits per heavy atom. The summed E-state index contributed by atoms with van der Waals surface area (Å²) >= 11 is 0. The number of hydrogen-bond acceptors (Lipinski definition) is 11. The predicted molar refractivity (Wildman–Crippen MR) is 172 cm³/mol. The number of benzene rings is 2. The lowest BCUT2D eigenvalue weighted by atomic mass is 9.98. The minimum atomic E-state index is -0.999. The largest absolute Gasteiger partial charge is 0.480 e. The number of fused-ring (bicyclic) bond motifs is 3. The standard InChI is InChI=1S/C34H49NO12/c36-33(37)27-46-25-24-45-23-22-44-21-20-43-19-18-42-17-16-41-15-14-40-13-12-39-11-5-10-35-34(38)47-26-32-30-8-3-1-6-28(30)29-7-2-4-9-31(29)32/h1-4,6-9,32H,5,10-27H2,(H,35,38)(H,36,37). The molecule has 13 nitrogen and oxygen atoms in total. The first-order chi connectivity index (χ1) is 23.2. The van der Waals surface area contributed by atoms with E-state index >= 15 is 0 Å². The third-order valence-corrected chi connectivity index (χ3v) is 6.91. The molecule has 1 aliphatic carbocycles. The van der Waals surface area contributed by atoms with Crippen molar-refractivity contribution in [2.45, 2.75) is 12.3 Å². The summed E-state index contributed by atoms with van der Waals surface area (Å²) in [6.45, 7) is 7.05. The molecular formula is C34H49NO12. The van der Waals surface area contributed by atoms with Crippen LogP contribution in [-0.2, 0) is 47.4 Å². The summed E-state index contributed by atoms with van der Waals surface area (Å²) < 4.78 is 48.4. The van der Waals surface area contributed by atoms with Gasteiger partial charge in [-0.05, 0) is 28.7 Å². The van der Waals surface area contributed by atoms with Gasteiger partial charge < -0.3 is 53.1 Å². The number of hydrogen-bond donors (Lipinski definition) is 2. The highest BCUT2D eigenvalue weighted by molar-refractivity contribution is 5.79. The summed E-state index contributed by atoms with van der Waals surface area (Å²) in [6.07, 6.45) is 0.258. The van der Waals surface area contributed by atoms with Crippen LogP contribution in [-0.4, -0.2) is 136 Å². The van der Waals surface area contributed by atoms with E-state index in [1.54, 1.807) is 0 Å². The third kappa shape index (κ3) is 16.5. The summed E-state index contributed by atoms with van der Waals surface area (Å²) in [7, 11) is 0. The molecule has 0 fully saturated rings. The quantitative estimate of drug-likeness (QED) is 0.123. The van der Waals surface area contributed by atoms with Gasteiger partial charge in [0.1, 0.15) is 13.2 Å². The zero-order chi connectivity index (χ0) is 33.2. The van der Waals surface area contributed by atoms with Crippen LogP contribution in [0.1, 0.15) is 23.5 Å². The van der Waals surface area contributed by atoms with Gasteiger partial charge in [0.05, 0.1) is 92.5 Å². The number of carboxylic acid groups (broad SMARTS) is 1. The monoisotopic (exact) mass is 663 g/mol. The molecule has 0 heterocycles. The number of amides is 1. The molecule has 0 radical (unpaired) electrons. The molecule has 0 saturated carbocycles. The van der Waals surface area contributed by atoms with Crippen molar-refractivity contribution in [2.24, 2.45) is 0 Å². The van der Waals surface area contributed by atoms with Gasteiger partial charge in [-0.2, -0.15) is 0 Å². The van der Waals surface area contributed by atoms with Crippen molar-refractivity contribution in [2.75, 3.05) is 119 Å². The molecule has 0 spiro atoms. The molecule has 2 N–H and O–H groups in total. The van der Waals surface area contributed by atoms with E-state index in [9.17, 15) is 9.59 Å². The Hall–Kier alpha value is -3.14. The summed E-state index contributed by atoms with van der Waals surface area (Å²) in [5, 5.41) is 11.2. The summed E-state index contributed by atoms with van der Waals surface area (Å²) in [6, 6.07) is 16.5. The summed E-state index contributed by atoms with van der Waals surface area (Å²) in [5.74, 6) is -0.952. The maximum atomic E-state index is 12.2. The van der Waals surface area contributed by atoms with Gasteiger partial charge in [-0.1, -0.05) is 48.5 Å². The molecule has 0 saturated heterocycles. The predicted octanol–water partition coefficient (Wildman–Crippen LogP) is 3.13. The van der Waals surface area contributed by atoms with Gasteiger partial charge >= 0.3 is 12.1 Å². The fourth-order valence-corrected chi connectivity index (χ4v) is 4.71. The number of carbonyl (C=O) groups is 2. The number of carbonyl (C=O) groups excluding carboxylic acids is 1. The van der Waals surface area contributed by atoms with E-state index in [0.29, 0.717) is 112 Å². The first kappa shape index (κ1) is 38.3. The van der Waals surface area contributed by atoms with Gasteiger partial charge in [0.2, 0.25) is 0 Å². The third-order valence-electron chi connectivity index (χ3n) is 6.91. The summed E-state index contributed by atoms with van der Waals surface area (Å²) in [5.41, 5.74) is 4.79. The highest BCUT2D eigenvalue weighted by Gasteiger charge is 2.28. The van der Waals surface area contributed by atoms with Crippen LogP contribution < -0.4 is 5.32 Å². The van der Waals surface area contributed by atoms with Crippen LogP contribution in [0.2, 0.25) is 0 Å². The van der Waals surface area contributed by atoms with E-state index in [1.807, 2.05) is 24.3 Å². The molecule has 0 atom stereocenters. The van der Waals surface area contributed by atoms with Crippen LogP contribution in [0, 0.1) is 0 Å². The minimum Gasteiger partial charge on any atom is -0.480 e. The molecule has 1 aliphatic rings. The van der Waals surface area contributed by atoms with Crippen molar-refractivity contribution in [3.63, 3.8) is 0 Å². The lowest BCUT2D eigenvalue weighted by molar-refractivity contribution is -0.142. The number of aliphatic carboxylic acids is 1. The van der Waals surface area contributed by atoms with Crippen LogP contribution in [0.15, 0.2) is 48.5 Å². The fourth-order valence-electron chi connectivity index (χ4n) is 4.71. The van der Waals surface area contributed by atoms with E-state index in [4.69, 9.17) is 47.7 Å². The second-order valence-electron chi connectivity index (χ2n) is 10.3. The van der Waals surface area contributed by atoms with Crippen LogP contribution >= 0.6 is 0 Å². The van der Waals surface area contributed by atoms with Crippen molar-refractivity contribution in [1.82, 2.24) is 5.32 Å². The molecule has 2 aromatic carbocycles. The molecule has 3 rings (SSSR count). The van der Waals surface area contributed by atoms with Crippen molar-refractivity contribution in [3.8, 4) is 11.1 Å². The van der Waals surface area contributed by atoms with Crippen LogP contribution in [0.4, 0.5) is 4.79 Å². The molecule has 1 amide bonds. The van der Waals surface area contributed by atoms with Crippen LogP contribution in [0.5, 0.6) is 0 Å². The van der Waals surface area contributed by atoms with E-state index in [2.05, 4.69) is 29.6 Å². The fraction of sp³-hybridized carbons (Fsp3) is 0.588. The first-order valence-corrected chi connectivity index (χ1v) is 16.1. The molecule has 2 aromatic rings. The molecule has 0 bridgehead atoms. The molecular weight excluding hydrogens is 614 g/mol. The number of carboxylic acids is 1. The van der Waals surface area contributed by atoms with E-state index < -0.39 is 12.1 Å². The first-order valence-electron chi connectivity index (χ1n) is 16.1. The second-order valence-corrected chi connectivity index (χ2v) is 10.3.